The molecule has 0 amide bonds. The van der Waals surface area contributed by atoms with E-state index in [-0.39, 0.29) is 23.1 Å². The lowest BCUT2D eigenvalue weighted by atomic mass is 10.3. The van der Waals surface area contributed by atoms with Crippen LogP contribution in [0, 0.1) is 10.1 Å². The minimum absolute atomic E-state index is 0.153. The molecule has 0 aliphatic carbocycles. The molecule has 0 saturated heterocycles. The summed E-state index contributed by atoms with van der Waals surface area (Å²) in [5.74, 6) is -0.210. The van der Waals surface area contributed by atoms with Crippen molar-refractivity contribution in [3.63, 3.8) is 0 Å². The molecule has 6 nitrogen and oxygen atoms in total. The third-order valence-electron chi connectivity index (χ3n) is 1.89. The number of hydrogen-bond donors (Lipinski definition) is 0. The van der Waals surface area contributed by atoms with Gasteiger partial charge in [0.05, 0.1) is 16.4 Å². The zero-order valence-corrected chi connectivity index (χ0v) is 10.4. The lowest BCUT2D eigenvalue weighted by molar-refractivity contribution is -0.385. The number of ether oxygens (including phenoxy) is 2. The summed E-state index contributed by atoms with van der Waals surface area (Å²) in [6.45, 7) is 4.36. The second-order valence-corrected chi connectivity index (χ2v) is 4.16. The van der Waals surface area contributed by atoms with Crippen LogP contribution in [0.1, 0.15) is 23.5 Å². The Kier molecular flexibility index (Phi) is 5.05. The summed E-state index contributed by atoms with van der Waals surface area (Å²) in [6, 6.07) is 1.24. The van der Waals surface area contributed by atoms with Crippen molar-refractivity contribution in [1.82, 2.24) is 0 Å². The molecule has 0 aromatic carbocycles. The monoisotopic (exact) mass is 259 g/mol. The first-order valence-corrected chi connectivity index (χ1v) is 5.87. The van der Waals surface area contributed by atoms with E-state index in [0.29, 0.717) is 18.1 Å². The number of ketones is 1. The minimum Gasteiger partial charge on any atom is -0.477 e. The molecule has 0 aliphatic heterocycles. The molecule has 1 aromatic rings. The Hall–Kier alpha value is -1.47. The quantitative estimate of drug-likeness (QED) is 0.325. The average Bonchev–Trinajstić information content (AvgIpc) is 2.68. The summed E-state index contributed by atoms with van der Waals surface area (Å²) in [7, 11) is 0. The number of thiophene rings is 1. The van der Waals surface area contributed by atoms with Crippen LogP contribution in [0.4, 0.5) is 5.69 Å². The van der Waals surface area contributed by atoms with Gasteiger partial charge >= 0.3 is 5.69 Å². The minimum atomic E-state index is -0.557. The number of hydrogen-bond acceptors (Lipinski definition) is 6. The smallest absolute Gasteiger partial charge is 0.323 e. The summed E-state index contributed by atoms with van der Waals surface area (Å²) in [6.07, 6.45) is 0. The van der Waals surface area contributed by atoms with Crippen molar-refractivity contribution in [2.24, 2.45) is 0 Å². The first-order chi connectivity index (χ1) is 8.06. The molecule has 0 saturated carbocycles. The molecule has 1 heterocycles. The molecule has 0 atom stereocenters. The van der Waals surface area contributed by atoms with Crippen molar-refractivity contribution < 1.29 is 19.2 Å². The summed E-state index contributed by atoms with van der Waals surface area (Å²) < 4.78 is 10.3. The van der Waals surface area contributed by atoms with Crippen molar-refractivity contribution in [3.8, 4) is 5.06 Å². The van der Waals surface area contributed by atoms with Crippen molar-refractivity contribution in [1.29, 1.82) is 0 Å². The van der Waals surface area contributed by atoms with Gasteiger partial charge in [-0.25, -0.2) is 0 Å². The first-order valence-electron chi connectivity index (χ1n) is 5.06. The standard InChI is InChI=1S/C10H13NO5S/c1-3-15-4-5-16-10-8(11(13)14)6-9(17-10)7(2)12/h6H,3-5H2,1-2H3. The van der Waals surface area contributed by atoms with Crippen LogP contribution < -0.4 is 4.74 Å². The third kappa shape index (κ3) is 3.79. The van der Waals surface area contributed by atoms with Gasteiger partial charge in [0.1, 0.15) is 6.61 Å². The lowest BCUT2D eigenvalue weighted by Gasteiger charge is -2.02. The fraction of sp³-hybridized carbons (Fsp3) is 0.500. The zero-order valence-electron chi connectivity index (χ0n) is 9.60. The molecule has 1 aromatic heterocycles. The van der Waals surface area contributed by atoms with Gasteiger partial charge in [-0.3, -0.25) is 14.9 Å². The zero-order chi connectivity index (χ0) is 12.8. The van der Waals surface area contributed by atoms with Crippen molar-refractivity contribution in [2.75, 3.05) is 19.8 Å². The Morgan fingerprint density at radius 2 is 2.24 bits per heavy atom. The highest BCUT2D eigenvalue weighted by atomic mass is 32.1. The number of carbonyl (C=O) groups is 1. The van der Waals surface area contributed by atoms with Crippen LogP contribution in [-0.2, 0) is 4.74 Å². The second-order valence-electron chi connectivity index (χ2n) is 3.14. The molecule has 17 heavy (non-hydrogen) atoms. The summed E-state index contributed by atoms with van der Waals surface area (Å²) in [4.78, 5) is 21.6. The molecule has 1 rings (SSSR count). The van der Waals surface area contributed by atoms with Crippen molar-refractivity contribution >= 4 is 22.8 Å². The van der Waals surface area contributed by atoms with Gasteiger partial charge in [0.25, 0.3) is 5.06 Å². The largest absolute Gasteiger partial charge is 0.477 e. The van der Waals surface area contributed by atoms with E-state index in [1.807, 2.05) is 6.92 Å². The van der Waals surface area contributed by atoms with Crippen LogP contribution in [0.3, 0.4) is 0 Å². The normalized spacial score (nSPS) is 10.2. The molecule has 0 fully saturated rings. The predicted molar refractivity (Wildman–Crippen MR) is 63.0 cm³/mol. The van der Waals surface area contributed by atoms with E-state index in [9.17, 15) is 14.9 Å². The van der Waals surface area contributed by atoms with Crippen LogP contribution in [0.15, 0.2) is 6.07 Å². The van der Waals surface area contributed by atoms with E-state index in [1.165, 1.54) is 13.0 Å². The second kappa shape index (κ2) is 6.31. The fourth-order valence-electron chi connectivity index (χ4n) is 1.11. The Morgan fingerprint density at radius 1 is 1.53 bits per heavy atom. The lowest BCUT2D eigenvalue weighted by Crippen LogP contribution is -2.06. The first kappa shape index (κ1) is 13.6. The van der Waals surface area contributed by atoms with Gasteiger partial charge in [0, 0.05) is 12.7 Å². The Morgan fingerprint density at radius 3 is 2.76 bits per heavy atom. The van der Waals surface area contributed by atoms with Crippen molar-refractivity contribution in [2.45, 2.75) is 13.8 Å². The van der Waals surface area contributed by atoms with Gasteiger partial charge in [0.15, 0.2) is 5.78 Å². The molecule has 94 valence electrons. The topological polar surface area (TPSA) is 78.7 Å². The average molecular weight is 259 g/mol. The number of nitrogens with zero attached hydrogens (tertiary/aromatic N) is 1. The maximum Gasteiger partial charge on any atom is 0.323 e. The van der Waals surface area contributed by atoms with Gasteiger partial charge in [-0.1, -0.05) is 11.3 Å². The number of nitro groups is 1. The van der Waals surface area contributed by atoms with Gasteiger partial charge in [-0.15, -0.1) is 0 Å². The highest BCUT2D eigenvalue weighted by Gasteiger charge is 2.22. The summed E-state index contributed by atoms with van der Waals surface area (Å²) in [5.41, 5.74) is -0.170. The number of Topliss-reactive ketones (excluding diaryl/α,β-unsaturated/α-hetero) is 1. The van der Waals surface area contributed by atoms with Crippen LogP contribution in [-0.4, -0.2) is 30.5 Å². The molecule has 0 spiro atoms. The summed E-state index contributed by atoms with van der Waals surface area (Å²) >= 11 is 0.985. The van der Waals surface area contributed by atoms with Gasteiger partial charge in [0.2, 0.25) is 0 Å². The Labute approximate surface area is 102 Å². The van der Waals surface area contributed by atoms with E-state index < -0.39 is 4.92 Å². The number of carbonyl (C=O) groups excluding carboxylic acids is 1. The van der Waals surface area contributed by atoms with E-state index in [1.54, 1.807) is 0 Å². The maximum atomic E-state index is 11.1. The van der Waals surface area contributed by atoms with Crippen LogP contribution >= 0.6 is 11.3 Å². The highest BCUT2D eigenvalue weighted by molar-refractivity contribution is 7.16. The SMILES string of the molecule is CCOCCOc1sc(C(C)=O)cc1[N+](=O)[O-]. The van der Waals surface area contributed by atoms with E-state index in [2.05, 4.69) is 0 Å². The Bertz CT molecular complexity index is 415. The van der Waals surface area contributed by atoms with Crippen LogP contribution in [0.2, 0.25) is 0 Å². The fourth-order valence-corrected chi connectivity index (χ4v) is 2.00. The van der Waals surface area contributed by atoms with Gasteiger partial charge in [-0.2, -0.15) is 0 Å². The molecule has 0 unspecified atom stereocenters. The number of rotatable bonds is 7. The van der Waals surface area contributed by atoms with Crippen LogP contribution in [0.25, 0.3) is 0 Å². The molecule has 0 aliphatic rings. The van der Waals surface area contributed by atoms with E-state index in [4.69, 9.17) is 9.47 Å². The molecule has 0 radical (unpaired) electrons. The van der Waals surface area contributed by atoms with Gasteiger partial charge < -0.3 is 9.47 Å². The molecule has 7 heteroatoms. The maximum absolute atomic E-state index is 11.1. The molecular formula is C10H13NO5S. The van der Waals surface area contributed by atoms with Crippen LogP contribution in [0.5, 0.6) is 5.06 Å². The van der Waals surface area contributed by atoms with Gasteiger partial charge in [-0.05, 0) is 13.8 Å². The third-order valence-corrected chi connectivity index (χ3v) is 3.03. The van der Waals surface area contributed by atoms with E-state index >= 15 is 0 Å². The molecular weight excluding hydrogens is 246 g/mol. The van der Waals surface area contributed by atoms with Crippen molar-refractivity contribution in [3.05, 3.63) is 21.1 Å². The summed E-state index contributed by atoms with van der Waals surface area (Å²) in [5, 5.41) is 10.9. The predicted octanol–water partition coefficient (Wildman–Crippen LogP) is 2.27. The molecule has 0 N–H and O–H groups in total. The highest BCUT2D eigenvalue weighted by Crippen LogP contribution is 2.36. The van der Waals surface area contributed by atoms with E-state index in [0.717, 1.165) is 11.3 Å². The molecule has 0 bridgehead atoms. The Balaban J connectivity index is 2.74.